The number of carboxylic acid groups (broad SMARTS) is 1. The molecular weight excluding hydrogens is 294 g/mol. The number of carbonyl (C=O) groups is 2. The average Bonchev–Trinajstić information content (AvgIpc) is 2.45. The van der Waals surface area contributed by atoms with E-state index < -0.39 is 27.8 Å². The Kier molecular flexibility index (Phi) is 5.90. The Bertz CT molecular complexity index is 607. The van der Waals surface area contributed by atoms with Crippen LogP contribution in [-0.2, 0) is 14.6 Å². The standard InChI is InChI=1S/C14H19NO5S/c1-3-4-9-21(19,20)12-7-5-11(6-8-12)13(16)15-10(2)14(17)18/h5-8,10H,3-4,9H2,1-2H3,(H,15,16)(H,17,18)/t10-/m0/s1. The molecule has 7 heteroatoms. The van der Waals surface area contributed by atoms with Crippen LogP contribution in [0.3, 0.4) is 0 Å². The average molecular weight is 313 g/mol. The third-order valence-electron chi connectivity index (χ3n) is 2.96. The van der Waals surface area contributed by atoms with E-state index in [0.29, 0.717) is 6.42 Å². The van der Waals surface area contributed by atoms with Gasteiger partial charge in [-0.05, 0) is 37.6 Å². The van der Waals surface area contributed by atoms with Gasteiger partial charge in [-0.3, -0.25) is 9.59 Å². The molecule has 1 aromatic rings. The lowest BCUT2D eigenvalue weighted by Gasteiger charge is -2.09. The molecule has 0 saturated heterocycles. The van der Waals surface area contributed by atoms with E-state index >= 15 is 0 Å². The lowest BCUT2D eigenvalue weighted by molar-refractivity contribution is -0.138. The van der Waals surface area contributed by atoms with Gasteiger partial charge in [0.25, 0.3) is 5.91 Å². The molecule has 116 valence electrons. The maximum Gasteiger partial charge on any atom is 0.325 e. The van der Waals surface area contributed by atoms with E-state index in [1.54, 1.807) is 0 Å². The van der Waals surface area contributed by atoms with E-state index in [2.05, 4.69) is 5.32 Å². The van der Waals surface area contributed by atoms with Crippen LogP contribution in [0.4, 0.5) is 0 Å². The second kappa shape index (κ2) is 7.21. The van der Waals surface area contributed by atoms with Gasteiger partial charge in [-0.25, -0.2) is 8.42 Å². The van der Waals surface area contributed by atoms with E-state index in [0.717, 1.165) is 6.42 Å². The van der Waals surface area contributed by atoms with Crippen molar-refractivity contribution in [3.05, 3.63) is 29.8 Å². The number of hydrogen-bond acceptors (Lipinski definition) is 4. The molecule has 21 heavy (non-hydrogen) atoms. The Morgan fingerprint density at radius 1 is 1.24 bits per heavy atom. The molecule has 0 aliphatic rings. The van der Waals surface area contributed by atoms with Crippen molar-refractivity contribution in [3.63, 3.8) is 0 Å². The molecule has 2 N–H and O–H groups in total. The van der Waals surface area contributed by atoms with Crippen LogP contribution in [0.15, 0.2) is 29.2 Å². The first-order valence-electron chi connectivity index (χ1n) is 6.64. The molecule has 0 aliphatic carbocycles. The summed E-state index contributed by atoms with van der Waals surface area (Å²) < 4.78 is 23.9. The number of unbranched alkanes of at least 4 members (excludes halogenated alkanes) is 1. The lowest BCUT2D eigenvalue weighted by atomic mass is 10.2. The molecule has 1 amide bonds. The van der Waals surface area contributed by atoms with E-state index in [-0.39, 0.29) is 16.2 Å². The Labute approximate surface area is 124 Å². The van der Waals surface area contributed by atoms with Gasteiger partial charge in [-0.1, -0.05) is 13.3 Å². The number of sulfone groups is 1. The molecule has 0 spiro atoms. The highest BCUT2D eigenvalue weighted by molar-refractivity contribution is 7.91. The summed E-state index contributed by atoms with van der Waals surface area (Å²) in [7, 11) is -3.33. The molecule has 1 aromatic carbocycles. The number of aliphatic carboxylic acids is 1. The van der Waals surface area contributed by atoms with Gasteiger partial charge in [0.05, 0.1) is 10.6 Å². The van der Waals surface area contributed by atoms with Crippen molar-refractivity contribution >= 4 is 21.7 Å². The third-order valence-corrected chi connectivity index (χ3v) is 4.78. The first kappa shape index (κ1) is 17.2. The van der Waals surface area contributed by atoms with E-state index in [1.165, 1.54) is 31.2 Å². The number of nitrogens with one attached hydrogen (secondary N) is 1. The Morgan fingerprint density at radius 3 is 2.29 bits per heavy atom. The summed E-state index contributed by atoms with van der Waals surface area (Å²) in [5.41, 5.74) is 0.220. The molecule has 0 radical (unpaired) electrons. The van der Waals surface area contributed by atoms with Crippen molar-refractivity contribution in [2.45, 2.75) is 37.6 Å². The summed E-state index contributed by atoms with van der Waals surface area (Å²) in [4.78, 5) is 22.6. The molecule has 0 bridgehead atoms. The predicted molar refractivity (Wildman–Crippen MR) is 78.0 cm³/mol. The maximum atomic E-state index is 12.0. The summed E-state index contributed by atoms with van der Waals surface area (Å²) >= 11 is 0. The van der Waals surface area contributed by atoms with Crippen LogP contribution in [0.25, 0.3) is 0 Å². The monoisotopic (exact) mass is 313 g/mol. The van der Waals surface area contributed by atoms with Gasteiger partial charge in [0.2, 0.25) is 0 Å². The highest BCUT2D eigenvalue weighted by Gasteiger charge is 2.17. The van der Waals surface area contributed by atoms with Crippen molar-refractivity contribution in [2.24, 2.45) is 0 Å². The number of amides is 1. The predicted octanol–water partition coefficient (Wildman–Crippen LogP) is 1.46. The summed E-state index contributed by atoms with van der Waals surface area (Å²) in [5, 5.41) is 11.0. The minimum Gasteiger partial charge on any atom is -0.480 e. The summed E-state index contributed by atoms with van der Waals surface area (Å²) in [5.74, 6) is -1.62. The van der Waals surface area contributed by atoms with E-state index in [9.17, 15) is 18.0 Å². The van der Waals surface area contributed by atoms with Crippen LogP contribution in [0.2, 0.25) is 0 Å². The first-order chi connectivity index (χ1) is 9.77. The van der Waals surface area contributed by atoms with Crippen LogP contribution < -0.4 is 5.32 Å². The van der Waals surface area contributed by atoms with Gasteiger partial charge >= 0.3 is 5.97 Å². The molecule has 6 nitrogen and oxygen atoms in total. The zero-order valence-electron chi connectivity index (χ0n) is 12.0. The van der Waals surface area contributed by atoms with Crippen molar-refractivity contribution < 1.29 is 23.1 Å². The van der Waals surface area contributed by atoms with Crippen molar-refractivity contribution in [1.82, 2.24) is 5.32 Å². The van der Waals surface area contributed by atoms with Crippen LogP contribution in [0.1, 0.15) is 37.0 Å². The minimum atomic E-state index is -3.33. The Balaban J connectivity index is 2.83. The SMILES string of the molecule is CCCCS(=O)(=O)c1ccc(C(=O)N[C@@H](C)C(=O)O)cc1. The molecule has 0 aliphatic heterocycles. The van der Waals surface area contributed by atoms with Gasteiger partial charge in [0.1, 0.15) is 6.04 Å². The molecule has 0 fully saturated rings. The fourth-order valence-electron chi connectivity index (χ4n) is 1.61. The molecule has 0 saturated carbocycles. The lowest BCUT2D eigenvalue weighted by Crippen LogP contribution is -2.38. The molecule has 0 heterocycles. The fraction of sp³-hybridized carbons (Fsp3) is 0.429. The van der Waals surface area contributed by atoms with Crippen LogP contribution in [-0.4, -0.2) is 37.2 Å². The number of carboxylic acids is 1. The minimum absolute atomic E-state index is 0.0745. The van der Waals surface area contributed by atoms with Crippen LogP contribution in [0.5, 0.6) is 0 Å². The molecule has 1 atom stereocenters. The molecular formula is C14H19NO5S. The topological polar surface area (TPSA) is 101 Å². The summed E-state index contributed by atoms with van der Waals surface area (Å²) in [6, 6.07) is 4.48. The van der Waals surface area contributed by atoms with Crippen molar-refractivity contribution in [3.8, 4) is 0 Å². The molecule has 0 unspecified atom stereocenters. The van der Waals surface area contributed by atoms with Gasteiger partial charge in [-0.2, -0.15) is 0 Å². The second-order valence-corrected chi connectivity index (χ2v) is 6.84. The normalized spacial score (nSPS) is 12.7. The fourth-order valence-corrected chi connectivity index (χ4v) is 3.06. The van der Waals surface area contributed by atoms with Gasteiger partial charge in [0.15, 0.2) is 9.84 Å². The highest BCUT2D eigenvalue weighted by atomic mass is 32.2. The maximum absolute atomic E-state index is 12.0. The van der Waals surface area contributed by atoms with Crippen LogP contribution in [0, 0.1) is 0 Å². The van der Waals surface area contributed by atoms with Crippen molar-refractivity contribution in [2.75, 3.05) is 5.75 Å². The Morgan fingerprint density at radius 2 is 1.81 bits per heavy atom. The number of benzene rings is 1. The molecule has 1 rings (SSSR count). The zero-order chi connectivity index (χ0) is 16.0. The van der Waals surface area contributed by atoms with Gasteiger partial charge < -0.3 is 10.4 Å². The van der Waals surface area contributed by atoms with Crippen molar-refractivity contribution in [1.29, 1.82) is 0 Å². The smallest absolute Gasteiger partial charge is 0.325 e. The van der Waals surface area contributed by atoms with Gasteiger partial charge in [0, 0.05) is 5.56 Å². The first-order valence-corrected chi connectivity index (χ1v) is 8.29. The third kappa shape index (κ3) is 4.86. The molecule has 0 aromatic heterocycles. The van der Waals surface area contributed by atoms with E-state index in [1.807, 2.05) is 6.92 Å². The largest absolute Gasteiger partial charge is 0.480 e. The number of carbonyl (C=O) groups excluding carboxylic acids is 1. The van der Waals surface area contributed by atoms with Gasteiger partial charge in [-0.15, -0.1) is 0 Å². The summed E-state index contributed by atoms with van der Waals surface area (Å²) in [6.07, 6.45) is 1.37. The Hall–Kier alpha value is -1.89. The quantitative estimate of drug-likeness (QED) is 0.793. The summed E-state index contributed by atoms with van der Waals surface area (Å²) in [6.45, 7) is 3.26. The highest BCUT2D eigenvalue weighted by Crippen LogP contribution is 2.14. The number of hydrogen-bond donors (Lipinski definition) is 2. The zero-order valence-corrected chi connectivity index (χ0v) is 12.8. The van der Waals surface area contributed by atoms with Crippen LogP contribution >= 0.6 is 0 Å². The second-order valence-electron chi connectivity index (χ2n) is 4.73. The number of rotatable bonds is 7. The van der Waals surface area contributed by atoms with E-state index in [4.69, 9.17) is 5.11 Å².